The van der Waals surface area contributed by atoms with Crippen LogP contribution in [0, 0.1) is 18.3 Å². The number of rotatable bonds is 3. The summed E-state index contributed by atoms with van der Waals surface area (Å²) in [6.07, 6.45) is 1.47. The van der Waals surface area contributed by atoms with Crippen molar-refractivity contribution in [2.24, 2.45) is 0 Å². The zero-order chi connectivity index (χ0) is 27.7. The molecule has 2 amide bonds. The molecule has 2 aromatic carbocycles. The normalized spacial score (nSPS) is 13.8. The molecule has 0 atom stereocenters. The number of piperazine rings is 1. The minimum atomic E-state index is -0.561. The number of hydrogen-bond acceptors (Lipinski definition) is 5. The molecular weight excluding hydrogens is 490 g/mol. The molecule has 8 heteroatoms. The first-order chi connectivity index (χ1) is 18.6. The van der Waals surface area contributed by atoms with E-state index in [1.54, 1.807) is 28.0 Å². The monoisotopic (exact) mass is 521 g/mol. The van der Waals surface area contributed by atoms with Crippen LogP contribution in [0.3, 0.4) is 0 Å². The van der Waals surface area contributed by atoms with E-state index < -0.39 is 5.60 Å². The molecule has 3 heterocycles. The smallest absolute Gasteiger partial charge is 0.410 e. The van der Waals surface area contributed by atoms with Gasteiger partial charge in [0.15, 0.2) is 0 Å². The summed E-state index contributed by atoms with van der Waals surface area (Å²) in [5.74, 6) is -0.0999. The summed E-state index contributed by atoms with van der Waals surface area (Å²) < 4.78 is 7.42. The highest BCUT2D eigenvalue weighted by molar-refractivity contribution is 5.95. The molecule has 1 aliphatic rings. The van der Waals surface area contributed by atoms with Crippen LogP contribution in [0.1, 0.15) is 42.3 Å². The van der Waals surface area contributed by atoms with Crippen molar-refractivity contribution < 1.29 is 14.3 Å². The maximum Gasteiger partial charge on any atom is 0.410 e. The van der Waals surface area contributed by atoms with E-state index in [1.165, 1.54) is 0 Å². The number of pyridine rings is 1. The predicted molar refractivity (Wildman–Crippen MR) is 149 cm³/mol. The van der Waals surface area contributed by atoms with Gasteiger partial charge in [0.05, 0.1) is 28.6 Å². The average molecular weight is 522 g/mol. The Morgan fingerprint density at radius 2 is 1.49 bits per heavy atom. The van der Waals surface area contributed by atoms with Gasteiger partial charge in [0, 0.05) is 43.5 Å². The second kappa shape index (κ2) is 10.3. The number of amides is 2. The molecule has 0 spiro atoms. The molecule has 1 saturated heterocycles. The van der Waals surface area contributed by atoms with Crippen LogP contribution in [0.5, 0.6) is 0 Å². The first-order valence-corrected chi connectivity index (χ1v) is 13.0. The van der Waals surface area contributed by atoms with Crippen molar-refractivity contribution in [3.05, 3.63) is 83.6 Å². The van der Waals surface area contributed by atoms with Crippen LogP contribution in [0.2, 0.25) is 0 Å². The Hall–Kier alpha value is -4.64. The van der Waals surface area contributed by atoms with Crippen LogP contribution in [-0.4, -0.2) is 63.0 Å². The van der Waals surface area contributed by atoms with Gasteiger partial charge in [-0.25, -0.2) is 9.78 Å². The molecule has 4 aromatic rings. The van der Waals surface area contributed by atoms with Crippen LogP contribution in [0.4, 0.5) is 4.79 Å². The fourth-order valence-corrected chi connectivity index (χ4v) is 4.66. The van der Waals surface area contributed by atoms with Crippen molar-refractivity contribution in [3.8, 4) is 28.6 Å². The van der Waals surface area contributed by atoms with Crippen LogP contribution in [0.25, 0.3) is 28.2 Å². The van der Waals surface area contributed by atoms with E-state index in [0.29, 0.717) is 37.3 Å². The number of nitrogens with zero attached hydrogens (tertiary/aromatic N) is 5. The van der Waals surface area contributed by atoms with E-state index in [4.69, 9.17) is 9.72 Å². The number of nitriles is 1. The number of aromatic nitrogens is 2. The quantitative estimate of drug-likeness (QED) is 0.353. The third-order valence-corrected chi connectivity index (χ3v) is 6.70. The van der Waals surface area contributed by atoms with Gasteiger partial charge in [0.1, 0.15) is 11.2 Å². The van der Waals surface area contributed by atoms with Gasteiger partial charge in [-0.1, -0.05) is 42.0 Å². The molecular formula is C31H31N5O3. The van der Waals surface area contributed by atoms with Gasteiger partial charge in [0.25, 0.3) is 5.91 Å². The van der Waals surface area contributed by atoms with Crippen molar-refractivity contribution in [1.82, 2.24) is 19.2 Å². The Balaban J connectivity index is 1.47. The topological polar surface area (TPSA) is 90.9 Å². The number of fused-ring (bicyclic) bond motifs is 1. The van der Waals surface area contributed by atoms with Crippen LogP contribution >= 0.6 is 0 Å². The third-order valence-electron chi connectivity index (χ3n) is 6.70. The largest absolute Gasteiger partial charge is 0.444 e. The Morgan fingerprint density at radius 3 is 2.10 bits per heavy atom. The fourth-order valence-electron chi connectivity index (χ4n) is 4.66. The molecule has 198 valence electrons. The lowest BCUT2D eigenvalue weighted by Gasteiger charge is -2.35. The maximum absolute atomic E-state index is 13.5. The Kier molecular flexibility index (Phi) is 6.83. The highest BCUT2D eigenvalue weighted by Gasteiger charge is 2.28. The molecule has 0 aliphatic carbocycles. The molecule has 1 aliphatic heterocycles. The lowest BCUT2D eigenvalue weighted by atomic mass is 10.0. The Bertz CT molecular complexity index is 1570. The van der Waals surface area contributed by atoms with E-state index in [-0.39, 0.29) is 12.0 Å². The molecule has 2 aromatic heterocycles. The van der Waals surface area contributed by atoms with Gasteiger partial charge >= 0.3 is 6.09 Å². The summed E-state index contributed by atoms with van der Waals surface area (Å²) in [6, 6.07) is 21.4. The lowest BCUT2D eigenvalue weighted by molar-refractivity contribution is 0.0141. The SMILES string of the molecule is Cc1ccc(-c2nc3ccc(C(=O)N4CCN(C(=O)OC(C)(C)C)CC4)cn3c2-c2ccc(C#N)cc2)cc1. The van der Waals surface area contributed by atoms with Crippen LogP contribution in [-0.2, 0) is 4.74 Å². The summed E-state index contributed by atoms with van der Waals surface area (Å²) >= 11 is 0. The van der Waals surface area contributed by atoms with E-state index in [1.807, 2.05) is 80.8 Å². The van der Waals surface area contributed by atoms with Gasteiger partial charge < -0.3 is 14.5 Å². The molecule has 0 bridgehead atoms. The number of ether oxygens (including phenoxy) is 1. The van der Waals surface area contributed by atoms with E-state index >= 15 is 0 Å². The van der Waals surface area contributed by atoms with Crippen molar-refractivity contribution >= 4 is 17.6 Å². The number of aryl methyl sites for hydroxylation is 1. The fraction of sp³-hybridized carbons (Fsp3) is 0.290. The first-order valence-electron chi connectivity index (χ1n) is 13.0. The standard InChI is InChI=1S/C31H31N5O3/c1-21-5-9-23(10-6-21)27-28(24-11-7-22(19-32)8-12-24)36-20-25(13-14-26(36)33-27)29(37)34-15-17-35(18-16-34)30(38)39-31(2,3)4/h5-14,20H,15-18H2,1-4H3. The van der Waals surface area contributed by atoms with Gasteiger partial charge in [0.2, 0.25) is 0 Å². The van der Waals surface area contributed by atoms with Crippen LogP contribution in [0.15, 0.2) is 66.9 Å². The number of benzene rings is 2. The van der Waals surface area contributed by atoms with Gasteiger partial charge in [-0.05, 0) is 52.0 Å². The molecule has 8 nitrogen and oxygen atoms in total. The van der Waals surface area contributed by atoms with Crippen molar-refractivity contribution in [1.29, 1.82) is 5.26 Å². The molecule has 0 saturated carbocycles. The van der Waals surface area contributed by atoms with Crippen molar-refractivity contribution in [2.75, 3.05) is 26.2 Å². The lowest BCUT2D eigenvalue weighted by Crippen LogP contribution is -2.51. The maximum atomic E-state index is 13.5. The average Bonchev–Trinajstić information content (AvgIpc) is 3.31. The van der Waals surface area contributed by atoms with Crippen LogP contribution < -0.4 is 0 Å². The molecule has 39 heavy (non-hydrogen) atoms. The summed E-state index contributed by atoms with van der Waals surface area (Å²) in [4.78, 5) is 34.3. The Labute approximate surface area is 228 Å². The van der Waals surface area contributed by atoms with Gasteiger partial charge in [-0.15, -0.1) is 0 Å². The third kappa shape index (κ3) is 5.48. The van der Waals surface area contributed by atoms with E-state index in [9.17, 15) is 14.9 Å². The highest BCUT2D eigenvalue weighted by Crippen LogP contribution is 2.33. The molecule has 0 radical (unpaired) electrons. The summed E-state index contributed by atoms with van der Waals surface area (Å²) in [6.45, 7) is 9.26. The number of carbonyl (C=O) groups is 2. The molecule has 1 fully saturated rings. The first kappa shape index (κ1) is 26.0. The Morgan fingerprint density at radius 1 is 0.872 bits per heavy atom. The number of hydrogen-bond donors (Lipinski definition) is 0. The van der Waals surface area contributed by atoms with Crippen molar-refractivity contribution in [2.45, 2.75) is 33.3 Å². The second-order valence-corrected chi connectivity index (χ2v) is 10.8. The second-order valence-electron chi connectivity index (χ2n) is 10.8. The minimum Gasteiger partial charge on any atom is -0.444 e. The summed E-state index contributed by atoms with van der Waals surface area (Å²) in [7, 11) is 0. The molecule has 0 unspecified atom stereocenters. The molecule has 5 rings (SSSR count). The molecule has 0 N–H and O–H groups in total. The minimum absolute atomic E-state index is 0.0999. The zero-order valence-electron chi connectivity index (χ0n) is 22.6. The summed E-state index contributed by atoms with van der Waals surface area (Å²) in [5, 5.41) is 9.27. The van der Waals surface area contributed by atoms with E-state index in [2.05, 4.69) is 6.07 Å². The highest BCUT2D eigenvalue weighted by atomic mass is 16.6. The van der Waals surface area contributed by atoms with Gasteiger partial charge in [-0.3, -0.25) is 9.20 Å². The van der Waals surface area contributed by atoms with E-state index in [0.717, 1.165) is 33.7 Å². The number of imidazole rings is 1. The van der Waals surface area contributed by atoms with Gasteiger partial charge in [-0.2, -0.15) is 5.26 Å². The van der Waals surface area contributed by atoms with Crippen molar-refractivity contribution in [3.63, 3.8) is 0 Å². The number of carbonyl (C=O) groups excluding carboxylic acids is 2. The summed E-state index contributed by atoms with van der Waals surface area (Å²) in [5.41, 5.74) is 5.94. The predicted octanol–water partition coefficient (Wildman–Crippen LogP) is 5.54. The zero-order valence-corrected chi connectivity index (χ0v) is 22.6.